The van der Waals surface area contributed by atoms with Gasteiger partial charge >= 0.3 is 5.97 Å². The zero-order chi connectivity index (χ0) is 18.0. The summed E-state index contributed by atoms with van der Waals surface area (Å²) in [5, 5.41) is 9.02. The van der Waals surface area contributed by atoms with Crippen LogP contribution in [0.3, 0.4) is 0 Å². The molecule has 1 aliphatic rings. The molecule has 130 valence electrons. The highest BCUT2D eigenvalue weighted by molar-refractivity contribution is 5.88. The van der Waals surface area contributed by atoms with Crippen LogP contribution in [0.4, 0.5) is 0 Å². The normalized spacial score (nSPS) is 17.4. The number of nitrogens with zero attached hydrogens (tertiary/aromatic N) is 3. The molecule has 1 fully saturated rings. The molecule has 6 nitrogen and oxygen atoms in total. The van der Waals surface area contributed by atoms with Crippen LogP contribution < -0.4 is 0 Å². The number of rotatable bonds is 3. The molecule has 0 radical (unpaired) electrons. The summed E-state index contributed by atoms with van der Waals surface area (Å²) in [5.41, 5.74) is 2.65. The minimum Gasteiger partial charge on any atom is -0.478 e. The highest BCUT2D eigenvalue weighted by atomic mass is 16.4. The van der Waals surface area contributed by atoms with E-state index in [-0.39, 0.29) is 17.5 Å². The van der Waals surface area contributed by atoms with Crippen molar-refractivity contribution in [2.45, 2.75) is 39.2 Å². The Kier molecular flexibility index (Phi) is 4.79. The van der Waals surface area contributed by atoms with E-state index in [1.807, 2.05) is 17.9 Å². The van der Waals surface area contributed by atoms with Gasteiger partial charge in [0, 0.05) is 24.7 Å². The van der Waals surface area contributed by atoms with Crippen molar-refractivity contribution in [2.24, 2.45) is 0 Å². The third-order valence-corrected chi connectivity index (χ3v) is 4.50. The zero-order valence-corrected chi connectivity index (χ0v) is 14.4. The summed E-state index contributed by atoms with van der Waals surface area (Å²) in [6.07, 6.45) is 2.92. The van der Waals surface area contributed by atoms with Gasteiger partial charge in [0.2, 0.25) is 5.91 Å². The molecule has 6 heteroatoms. The van der Waals surface area contributed by atoms with Gasteiger partial charge in [-0.25, -0.2) is 14.8 Å². The number of carboxylic acids is 1. The van der Waals surface area contributed by atoms with E-state index in [4.69, 9.17) is 5.11 Å². The van der Waals surface area contributed by atoms with Crippen molar-refractivity contribution in [3.05, 3.63) is 47.4 Å². The van der Waals surface area contributed by atoms with E-state index < -0.39 is 5.97 Å². The van der Waals surface area contributed by atoms with Gasteiger partial charge in [-0.15, -0.1) is 0 Å². The van der Waals surface area contributed by atoms with Crippen LogP contribution in [0, 0.1) is 6.92 Å². The number of piperidine rings is 1. The van der Waals surface area contributed by atoms with Crippen LogP contribution in [-0.2, 0) is 4.79 Å². The lowest BCUT2D eigenvalue weighted by molar-refractivity contribution is -0.132. The molecular formula is C19H21N3O3. The van der Waals surface area contributed by atoms with Crippen molar-refractivity contribution in [2.75, 3.05) is 6.54 Å². The largest absolute Gasteiger partial charge is 0.478 e. The minimum absolute atomic E-state index is 0.0437. The van der Waals surface area contributed by atoms with E-state index in [9.17, 15) is 9.59 Å². The molecule has 1 saturated heterocycles. The Morgan fingerprint density at radius 1 is 1.16 bits per heavy atom. The summed E-state index contributed by atoms with van der Waals surface area (Å²) < 4.78 is 0. The van der Waals surface area contributed by atoms with Gasteiger partial charge < -0.3 is 10.0 Å². The second-order valence-corrected chi connectivity index (χ2v) is 6.36. The Labute approximate surface area is 146 Å². The Bertz CT molecular complexity index is 802. The average molecular weight is 339 g/mol. The van der Waals surface area contributed by atoms with Crippen LogP contribution in [0.5, 0.6) is 0 Å². The van der Waals surface area contributed by atoms with Crippen molar-refractivity contribution >= 4 is 11.9 Å². The molecule has 1 aliphatic heterocycles. The molecule has 0 aliphatic carbocycles. The monoisotopic (exact) mass is 339 g/mol. The lowest BCUT2D eigenvalue weighted by Crippen LogP contribution is -2.37. The zero-order valence-electron chi connectivity index (χ0n) is 14.4. The SMILES string of the molecule is CC(=O)N1CCCCC1c1nc(C)cc(-c2ccc(C(=O)O)cc2)n1. The van der Waals surface area contributed by atoms with Crippen molar-refractivity contribution in [3.63, 3.8) is 0 Å². The molecule has 2 heterocycles. The first-order valence-corrected chi connectivity index (χ1v) is 8.42. The maximum atomic E-state index is 11.9. The molecule has 25 heavy (non-hydrogen) atoms. The summed E-state index contributed by atoms with van der Waals surface area (Å²) >= 11 is 0. The lowest BCUT2D eigenvalue weighted by Gasteiger charge is -2.34. The molecule has 3 rings (SSSR count). The molecule has 2 aromatic rings. The number of aromatic nitrogens is 2. The van der Waals surface area contributed by atoms with E-state index in [2.05, 4.69) is 9.97 Å². The van der Waals surface area contributed by atoms with Crippen molar-refractivity contribution < 1.29 is 14.7 Å². The van der Waals surface area contributed by atoms with Crippen molar-refractivity contribution in [3.8, 4) is 11.3 Å². The molecule has 1 aromatic heterocycles. The minimum atomic E-state index is -0.953. The van der Waals surface area contributed by atoms with E-state index in [1.165, 1.54) is 0 Å². The van der Waals surface area contributed by atoms with E-state index in [0.717, 1.165) is 42.8 Å². The van der Waals surface area contributed by atoms with Crippen LogP contribution in [-0.4, -0.2) is 38.4 Å². The molecule has 1 unspecified atom stereocenters. The van der Waals surface area contributed by atoms with Gasteiger partial charge in [0.25, 0.3) is 0 Å². The number of aromatic carboxylic acids is 1. The summed E-state index contributed by atoms with van der Waals surface area (Å²) in [6.45, 7) is 4.22. The number of carbonyl (C=O) groups is 2. The van der Waals surface area contributed by atoms with Crippen LogP contribution in [0.15, 0.2) is 30.3 Å². The van der Waals surface area contributed by atoms with Crippen LogP contribution in [0.1, 0.15) is 54.1 Å². The molecule has 0 saturated carbocycles. The van der Waals surface area contributed by atoms with Crippen LogP contribution in [0.2, 0.25) is 0 Å². The highest BCUT2D eigenvalue weighted by Crippen LogP contribution is 2.30. The molecule has 1 atom stereocenters. The molecular weight excluding hydrogens is 318 g/mol. The Balaban J connectivity index is 1.97. The average Bonchev–Trinajstić information content (AvgIpc) is 2.61. The number of benzene rings is 1. The number of likely N-dealkylation sites (tertiary alicyclic amines) is 1. The first kappa shape index (κ1) is 17.1. The second kappa shape index (κ2) is 7.01. The van der Waals surface area contributed by atoms with Crippen molar-refractivity contribution in [1.29, 1.82) is 0 Å². The number of amides is 1. The fraction of sp³-hybridized carbons (Fsp3) is 0.368. The van der Waals surface area contributed by atoms with E-state index in [0.29, 0.717) is 5.82 Å². The first-order chi connectivity index (χ1) is 12.0. The van der Waals surface area contributed by atoms with Gasteiger partial charge in [-0.2, -0.15) is 0 Å². The third kappa shape index (κ3) is 3.68. The third-order valence-electron chi connectivity index (χ3n) is 4.50. The van der Waals surface area contributed by atoms with E-state index >= 15 is 0 Å². The molecule has 1 N–H and O–H groups in total. The summed E-state index contributed by atoms with van der Waals surface area (Å²) in [7, 11) is 0. The lowest BCUT2D eigenvalue weighted by atomic mass is 10.0. The summed E-state index contributed by atoms with van der Waals surface area (Å²) in [6, 6.07) is 8.41. The number of hydrogen-bond donors (Lipinski definition) is 1. The van der Waals surface area contributed by atoms with Gasteiger partial charge in [-0.05, 0) is 44.4 Å². The van der Waals surface area contributed by atoms with Crippen LogP contribution >= 0.6 is 0 Å². The fourth-order valence-electron chi connectivity index (χ4n) is 3.25. The molecule has 0 bridgehead atoms. The van der Waals surface area contributed by atoms with Gasteiger partial charge in [-0.3, -0.25) is 4.79 Å². The fourth-order valence-corrected chi connectivity index (χ4v) is 3.25. The number of aryl methyl sites for hydroxylation is 1. The van der Waals surface area contributed by atoms with Crippen molar-refractivity contribution in [1.82, 2.24) is 14.9 Å². The molecule has 1 amide bonds. The van der Waals surface area contributed by atoms with Gasteiger partial charge in [0.1, 0.15) is 0 Å². The standard InChI is InChI=1S/C19H21N3O3/c1-12-11-16(14-6-8-15(9-7-14)19(24)25)21-18(20-12)17-5-3-4-10-22(17)13(2)23/h6-9,11,17H,3-5,10H2,1-2H3,(H,24,25). The van der Waals surface area contributed by atoms with E-state index in [1.54, 1.807) is 31.2 Å². The predicted molar refractivity (Wildman–Crippen MR) is 93.1 cm³/mol. The quantitative estimate of drug-likeness (QED) is 0.928. The maximum Gasteiger partial charge on any atom is 0.335 e. The van der Waals surface area contributed by atoms with Gasteiger partial charge in [0.15, 0.2) is 5.82 Å². The number of carbonyl (C=O) groups excluding carboxylic acids is 1. The number of carboxylic acid groups (broad SMARTS) is 1. The smallest absolute Gasteiger partial charge is 0.335 e. The second-order valence-electron chi connectivity index (χ2n) is 6.36. The molecule has 0 spiro atoms. The topological polar surface area (TPSA) is 83.4 Å². The first-order valence-electron chi connectivity index (χ1n) is 8.42. The van der Waals surface area contributed by atoms with Gasteiger partial charge in [-0.1, -0.05) is 12.1 Å². The Hall–Kier alpha value is -2.76. The van der Waals surface area contributed by atoms with Crippen LogP contribution in [0.25, 0.3) is 11.3 Å². The highest BCUT2D eigenvalue weighted by Gasteiger charge is 2.28. The molecule has 1 aromatic carbocycles. The van der Waals surface area contributed by atoms with Gasteiger partial charge in [0.05, 0.1) is 17.3 Å². The summed E-state index contributed by atoms with van der Waals surface area (Å²) in [5.74, 6) is -0.250. The Morgan fingerprint density at radius 3 is 2.52 bits per heavy atom. The summed E-state index contributed by atoms with van der Waals surface area (Å²) in [4.78, 5) is 34.0. The maximum absolute atomic E-state index is 11.9. The number of hydrogen-bond acceptors (Lipinski definition) is 4. The predicted octanol–water partition coefficient (Wildman–Crippen LogP) is 3.22. The Morgan fingerprint density at radius 2 is 1.88 bits per heavy atom.